The maximum Gasteiger partial charge on any atom is 0.161 e. The van der Waals surface area contributed by atoms with E-state index in [4.69, 9.17) is 9.97 Å². The van der Waals surface area contributed by atoms with Crippen LogP contribution in [0.4, 0.5) is 0 Å². The molecule has 0 aliphatic rings. The molecule has 258 valence electrons. The van der Waals surface area contributed by atoms with Gasteiger partial charge in [0.2, 0.25) is 0 Å². The molecule has 10 aromatic rings. The highest BCUT2D eigenvalue weighted by molar-refractivity contribution is 7.25. The molecule has 0 aliphatic carbocycles. The van der Waals surface area contributed by atoms with E-state index >= 15 is 0 Å². The Kier molecular flexibility index (Phi) is 8.40. The van der Waals surface area contributed by atoms with Gasteiger partial charge < -0.3 is 0 Å². The van der Waals surface area contributed by atoms with E-state index in [0.717, 1.165) is 44.0 Å². The Labute approximate surface area is 324 Å². The summed E-state index contributed by atoms with van der Waals surface area (Å²) in [6.45, 7) is 0. The van der Waals surface area contributed by atoms with Gasteiger partial charge in [-0.1, -0.05) is 170 Å². The highest BCUT2D eigenvalue weighted by Crippen LogP contribution is 2.40. The molecule has 10 rings (SSSR count). The van der Waals surface area contributed by atoms with Crippen LogP contribution in [0, 0.1) is 0 Å². The van der Waals surface area contributed by atoms with Gasteiger partial charge in [0.1, 0.15) is 4.83 Å². The molecule has 0 N–H and O–H groups in total. The summed E-state index contributed by atoms with van der Waals surface area (Å²) < 4.78 is 1.22. The van der Waals surface area contributed by atoms with E-state index in [1.54, 1.807) is 11.3 Å². The quantitative estimate of drug-likeness (QED) is 0.164. The van der Waals surface area contributed by atoms with E-state index in [1.807, 2.05) is 0 Å². The summed E-state index contributed by atoms with van der Waals surface area (Å²) in [5, 5.41) is 2.31. The van der Waals surface area contributed by atoms with Crippen molar-refractivity contribution < 1.29 is 0 Å². The SMILES string of the molecule is c1ccc(-c2ccc(-c3cccc(-c4cc(-c5ccccc5)cc(-c5cccc(-c6nc(-c7ccccc7)c7c(n6)sc6ccccc67)c5)c4)c3)cc2)cc1. The lowest BCUT2D eigenvalue weighted by atomic mass is 9.91. The second-order valence-electron chi connectivity index (χ2n) is 13.8. The maximum absolute atomic E-state index is 5.29. The largest absolute Gasteiger partial charge is 0.227 e. The summed E-state index contributed by atoms with van der Waals surface area (Å²) in [4.78, 5) is 11.5. The summed E-state index contributed by atoms with van der Waals surface area (Å²) in [6.07, 6.45) is 0. The van der Waals surface area contributed by atoms with Crippen LogP contribution in [0.1, 0.15) is 0 Å². The third-order valence-corrected chi connectivity index (χ3v) is 11.4. The van der Waals surface area contributed by atoms with E-state index in [1.165, 1.54) is 54.6 Å². The molecule has 0 atom stereocenters. The first-order chi connectivity index (χ1) is 27.2. The van der Waals surface area contributed by atoms with Crippen LogP contribution in [0.15, 0.2) is 206 Å². The molecular weight excluding hydrogens is 685 g/mol. The van der Waals surface area contributed by atoms with Gasteiger partial charge in [-0.3, -0.25) is 0 Å². The Hall–Kier alpha value is -6.94. The number of hydrogen-bond acceptors (Lipinski definition) is 3. The Balaban J connectivity index is 1.07. The molecule has 2 heterocycles. The minimum Gasteiger partial charge on any atom is -0.227 e. The summed E-state index contributed by atoms with van der Waals surface area (Å²) in [6, 6.07) is 73.6. The van der Waals surface area contributed by atoms with Gasteiger partial charge in [-0.2, -0.15) is 0 Å². The monoisotopic (exact) mass is 718 g/mol. The fourth-order valence-electron chi connectivity index (χ4n) is 7.52. The minimum absolute atomic E-state index is 0.727. The van der Waals surface area contributed by atoms with Crippen molar-refractivity contribution in [1.82, 2.24) is 9.97 Å². The van der Waals surface area contributed by atoms with Crippen LogP contribution in [0.5, 0.6) is 0 Å². The first-order valence-electron chi connectivity index (χ1n) is 18.6. The third kappa shape index (κ3) is 6.41. The van der Waals surface area contributed by atoms with Gasteiger partial charge in [0.05, 0.1) is 5.69 Å². The molecule has 0 spiro atoms. The molecule has 2 aromatic heterocycles. The smallest absolute Gasteiger partial charge is 0.161 e. The lowest BCUT2D eigenvalue weighted by Crippen LogP contribution is -1.94. The number of fused-ring (bicyclic) bond motifs is 3. The van der Waals surface area contributed by atoms with Crippen LogP contribution < -0.4 is 0 Å². The Morgan fingerprint density at radius 3 is 1.31 bits per heavy atom. The van der Waals surface area contributed by atoms with Crippen LogP contribution in [0.2, 0.25) is 0 Å². The molecule has 0 amide bonds. The number of aromatic nitrogens is 2. The van der Waals surface area contributed by atoms with Crippen LogP contribution >= 0.6 is 11.3 Å². The van der Waals surface area contributed by atoms with E-state index in [2.05, 4.69) is 206 Å². The lowest BCUT2D eigenvalue weighted by molar-refractivity contribution is 1.24. The second kappa shape index (κ2) is 14.1. The first-order valence-corrected chi connectivity index (χ1v) is 19.4. The second-order valence-corrected chi connectivity index (χ2v) is 14.8. The molecular formula is C52H34N2S. The van der Waals surface area contributed by atoms with E-state index in [9.17, 15) is 0 Å². The van der Waals surface area contributed by atoms with Gasteiger partial charge in [-0.05, 0) is 92.0 Å². The van der Waals surface area contributed by atoms with Gasteiger partial charge in [0, 0.05) is 26.6 Å². The standard InChI is InChI=1S/C52H34N2S/c1-4-14-35(15-5-1)37-26-28-38(29-27-37)40-20-12-21-41(30-40)45-32-44(36-16-6-2-7-17-36)33-46(34-45)42-22-13-23-43(31-42)51-53-50(39-18-8-3-9-19-39)49-47-24-10-11-25-48(47)55-52(49)54-51/h1-34H. The minimum atomic E-state index is 0.727. The van der Waals surface area contributed by atoms with Crippen molar-refractivity contribution in [2.24, 2.45) is 0 Å². The average molecular weight is 719 g/mol. The molecule has 0 saturated carbocycles. The lowest BCUT2D eigenvalue weighted by Gasteiger charge is -2.13. The average Bonchev–Trinajstić information content (AvgIpc) is 3.66. The summed E-state index contributed by atoms with van der Waals surface area (Å²) >= 11 is 1.73. The molecule has 0 radical (unpaired) electrons. The normalized spacial score (nSPS) is 11.3. The number of benzene rings is 8. The van der Waals surface area contributed by atoms with Crippen molar-refractivity contribution in [2.75, 3.05) is 0 Å². The maximum atomic E-state index is 5.29. The summed E-state index contributed by atoms with van der Waals surface area (Å²) in [7, 11) is 0. The van der Waals surface area contributed by atoms with Crippen molar-refractivity contribution in [3.63, 3.8) is 0 Å². The van der Waals surface area contributed by atoms with Crippen molar-refractivity contribution in [2.45, 2.75) is 0 Å². The van der Waals surface area contributed by atoms with E-state index in [-0.39, 0.29) is 0 Å². The molecule has 3 heteroatoms. The zero-order valence-corrected chi connectivity index (χ0v) is 30.7. The Morgan fingerprint density at radius 2 is 0.691 bits per heavy atom. The summed E-state index contributed by atoms with van der Waals surface area (Å²) in [5.74, 6) is 0.727. The molecule has 8 aromatic carbocycles. The molecule has 2 nitrogen and oxygen atoms in total. The molecule has 0 fully saturated rings. The summed E-state index contributed by atoms with van der Waals surface area (Å²) in [5.41, 5.74) is 14.8. The van der Waals surface area contributed by atoms with E-state index < -0.39 is 0 Å². The molecule has 0 bridgehead atoms. The van der Waals surface area contributed by atoms with Gasteiger partial charge >= 0.3 is 0 Å². The fourth-order valence-corrected chi connectivity index (χ4v) is 8.59. The number of rotatable bonds is 7. The van der Waals surface area contributed by atoms with Crippen LogP contribution in [0.25, 0.3) is 98.6 Å². The van der Waals surface area contributed by atoms with Crippen molar-refractivity contribution in [3.8, 4) is 78.3 Å². The first kappa shape index (κ1) is 32.7. The molecule has 0 aliphatic heterocycles. The van der Waals surface area contributed by atoms with Crippen LogP contribution in [0.3, 0.4) is 0 Å². The number of hydrogen-bond donors (Lipinski definition) is 0. The third-order valence-electron chi connectivity index (χ3n) is 10.3. The molecule has 55 heavy (non-hydrogen) atoms. The van der Waals surface area contributed by atoms with Gasteiger partial charge in [0.25, 0.3) is 0 Å². The predicted molar refractivity (Wildman–Crippen MR) is 233 cm³/mol. The zero-order chi connectivity index (χ0) is 36.6. The van der Waals surface area contributed by atoms with Crippen LogP contribution in [-0.2, 0) is 0 Å². The van der Waals surface area contributed by atoms with Gasteiger partial charge in [-0.15, -0.1) is 11.3 Å². The fraction of sp³-hybridized carbons (Fsp3) is 0. The van der Waals surface area contributed by atoms with Crippen molar-refractivity contribution in [3.05, 3.63) is 206 Å². The van der Waals surface area contributed by atoms with Crippen molar-refractivity contribution >= 4 is 31.6 Å². The number of nitrogens with zero attached hydrogens (tertiary/aromatic N) is 2. The molecule has 0 saturated heterocycles. The Bertz CT molecular complexity index is 2950. The molecule has 0 unspecified atom stereocenters. The van der Waals surface area contributed by atoms with Gasteiger partial charge in [0.15, 0.2) is 5.82 Å². The topological polar surface area (TPSA) is 25.8 Å². The van der Waals surface area contributed by atoms with Gasteiger partial charge in [-0.25, -0.2) is 9.97 Å². The van der Waals surface area contributed by atoms with Crippen LogP contribution in [-0.4, -0.2) is 9.97 Å². The van der Waals surface area contributed by atoms with Crippen molar-refractivity contribution in [1.29, 1.82) is 0 Å². The van der Waals surface area contributed by atoms with E-state index in [0.29, 0.717) is 0 Å². The highest BCUT2D eigenvalue weighted by Gasteiger charge is 2.17. The number of thiophene rings is 1. The highest BCUT2D eigenvalue weighted by atomic mass is 32.1. The zero-order valence-electron chi connectivity index (χ0n) is 29.9. The Morgan fingerprint density at radius 1 is 0.291 bits per heavy atom. The predicted octanol–water partition coefficient (Wildman–Crippen LogP) is 14.5.